The van der Waals surface area contributed by atoms with Crippen LogP contribution in [0.2, 0.25) is 0 Å². The minimum absolute atomic E-state index is 0.393. The first-order valence-electron chi connectivity index (χ1n) is 4.75. The molecule has 0 saturated heterocycles. The second-order valence-electron chi connectivity index (χ2n) is 4.01. The van der Waals surface area contributed by atoms with Gasteiger partial charge in [0.25, 0.3) is 0 Å². The maximum Gasteiger partial charge on any atom is 0.0700 e. The molecule has 2 nitrogen and oxygen atoms in total. The van der Waals surface area contributed by atoms with Crippen LogP contribution in [0.1, 0.15) is 26.7 Å². The van der Waals surface area contributed by atoms with Gasteiger partial charge in [0, 0.05) is 19.0 Å². The van der Waals surface area contributed by atoms with Crippen molar-refractivity contribution < 1.29 is 9.47 Å². The second kappa shape index (κ2) is 7.77. The molecule has 0 saturated carbocycles. The van der Waals surface area contributed by atoms with Crippen LogP contribution in [0, 0.1) is 5.41 Å². The normalized spacial score (nSPS) is 12.0. The first-order valence-corrected chi connectivity index (χ1v) is 5.87. The van der Waals surface area contributed by atoms with E-state index in [-0.39, 0.29) is 0 Å². The van der Waals surface area contributed by atoms with Crippen molar-refractivity contribution in [1.29, 1.82) is 0 Å². The van der Waals surface area contributed by atoms with E-state index in [2.05, 4.69) is 29.8 Å². The number of ether oxygens (including phenoxy) is 2. The molecule has 0 aromatic heterocycles. The van der Waals surface area contributed by atoms with Crippen molar-refractivity contribution in [3.63, 3.8) is 0 Å². The summed E-state index contributed by atoms with van der Waals surface area (Å²) in [5.74, 6) is 0. The van der Waals surface area contributed by atoms with Gasteiger partial charge in [-0.2, -0.15) is 0 Å². The molecular formula is C10H21BrO2. The zero-order chi connectivity index (χ0) is 10.2. The van der Waals surface area contributed by atoms with Crippen LogP contribution >= 0.6 is 15.9 Å². The summed E-state index contributed by atoms with van der Waals surface area (Å²) in [5, 5.41) is 1.05. The van der Waals surface area contributed by atoms with Crippen LogP contribution in [-0.4, -0.2) is 32.3 Å². The van der Waals surface area contributed by atoms with E-state index in [0.717, 1.165) is 18.4 Å². The molecule has 0 rings (SSSR count). The Morgan fingerprint density at radius 2 is 1.85 bits per heavy atom. The SMILES string of the molecule is COCCOCCCC(C)(C)CBr. The third-order valence-electron chi connectivity index (χ3n) is 1.94. The minimum atomic E-state index is 0.393. The first kappa shape index (κ1) is 13.4. The van der Waals surface area contributed by atoms with Gasteiger partial charge in [-0.1, -0.05) is 29.8 Å². The van der Waals surface area contributed by atoms with Gasteiger partial charge in [0.1, 0.15) is 0 Å². The predicted octanol–water partition coefficient (Wildman–Crippen LogP) is 2.85. The molecule has 0 spiro atoms. The molecule has 0 atom stereocenters. The predicted molar refractivity (Wildman–Crippen MR) is 59.5 cm³/mol. The summed E-state index contributed by atoms with van der Waals surface area (Å²) in [6, 6.07) is 0. The number of alkyl halides is 1. The van der Waals surface area contributed by atoms with Gasteiger partial charge in [-0.3, -0.25) is 0 Å². The molecule has 0 aliphatic rings. The van der Waals surface area contributed by atoms with Crippen molar-refractivity contribution in [1.82, 2.24) is 0 Å². The molecule has 0 amide bonds. The third kappa shape index (κ3) is 8.72. The van der Waals surface area contributed by atoms with Crippen LogP contribution in [-0.2, 0) is 9.47 Å². The van der Waals surface area contributed by atoms with Gasteiger partial charge in [-0.25, -0.2) is 0 Å². The monoisotopic (exact) mass is 252 g/mol. The van der Waals surface area contributed by atoms with E-state index in [1.165, 1.54) is 6.42 Å². The number of rotatable bonds is 8. The first-order chi connectivity index (χ1) is 6.12. The van der Waals surface area contributed by atoms with Crippen LogP contribution in [0.5, 0.6) is 0 Å². The van der Waals surface area contributed by atoms with Crippen LogP contribution in [0.4, 0.5) is 0 Å². The van der Waals surface area contributed by atoms with E-state index in [4.69, 9.17) is 9.47 Å². The van der Waals surface area contributed by atoms with Crippen molar-refractivity contribution in [3.05, 3.63) is 0 Å². The Morgan fingerprint density at radius 1 is 1.15 bits per heavy atom. The molecule has 13 heavy (non-hydrogen) atoms. The van der Waals surface area contributed by atoms with Crippen molar-refractivity contribution in [2.75, 3.05) is 32.3 Å². The number of halogens is 1. The fourth-order valence-corrected chi connectivity index (χ4v) is 1.24. The van der Waals surface area contributed by atoms with Crippen molar-refractivity contribution in [2.24, 2.45) is 5.41 Å². The molecule has 80 valence electrons. The highest BCUT2D eigenvalue weighted by atomic mass is 79.9. The summed E-state index contributed by atoms with van der Waals surface area (Å²) in [5.41, 5.74) is 0.393. The fraction of sp³-hybridized carbons (Fsp3) is 1.00. The largest absolute Gasteiger partial charge is 0.382 e. The summed E-state index contributed by atoms with van der Waals surface area (Å²) >= 11 is 3.50. The molecule has 0 unspecified atom stereocenters. The zero-order valence-electron chi connectivity index (χ0n) is 8.94. The van der Waals surface area contributed by atoms with Crippen molar-refractivity contribution in [2.45, 2.75) is 26.7 Å². The van der Waals surface area contributed by atoms with E-state index in [0.29, 0.717) is 18.6 Å². The maximum absolute atomic E-state index is 5.37. The molecule has 0 aromatic carbocycles. The number of hydrogen-bond donors (Lipinski definition) is 0. The molecule has 3 heteroatoms. The maximum atomic E-state index is 5.37. The van der Waals surface area contributed by atoms with Gasteiger partial charge in [-0.05, 0) is 18.3 Å². The highest BCUT2D eigenvalue weighted by Gasteiger charge is 2.14. The van der Waals surface area contributed by atoms with Gasteiger partial charge < -0.3 is 9.47 Å². The van der Waals surface area contributed by atoms with Gasteiger partial charge >= 0.3 is 0 Å². The van der Waals surface area contributed by atoms with Crippen LogP contribution in [0.3, 0.4) is 0 Å². The molecule has 0 aromatic rings. The average molecular weight is 253 g/mol. The number of hydrogen-bond acceptors (Lipinski definition) is 2. The van der Waals surface area contributed by atoms with Crippen LogP contribution in [0.25, 0.3) is 0 Å². The van der Waals surface area contributed by atoms with Gasteiger partial charge in [-0.15, -0.1) is 0 Å². The smallest absolute Gasteiger partial charge is 0.0700 e. The Kier molecular flexibility index (Phi) is 8.01. The molecule has 0 aliphatic carbocycles. The van der Waals surface area contributed by atoms with Crippen LogP contribution < -0.4 is 0 Å². The average Bonchev–Trinajstić information content (AvgIpc) is 2.11. The quantitative estimate of drug-likeness (QED) is 0.489. The van der Waals surface area contributed by atoms with Gasteiger partial charge in [0.05, 0.1) is 13.2 Å². The molecule has 0 fully saturated rings. The Labute approximate surface area is 90.1 Å². The number of methoxy groups -OCH3 is 1. The molecule has 0 radical (unpaired) electrons. The Morgan fingerprint density at radius 3 is 2.38 bits per heavy atom. The lowest BCUT2D eigenvalue weighted by molar-refractivity contribution is 0.0657. The van der Waals surface area contributed by atoms with Crippen LogP contribution in [0.15, 0.2) is 0 Å². The van der Waals surface area contributed by atoms with E-state index in [1.807, 2.05) is 0 Å². The summed E-state index contributed by atoms with van der Waals surface area (Å²) in [4.78, 5) is 0. The Balaban J connectivity index is 3.16. The summed E-state index contributed by atoms with van der Waals surface area (Å²) in [6.45, 7) is 6.78. The lowest BCUT2D eigenvalue weighted by Gasteiger charge is -2.20. The summed E-state index contributed by atoms with van der Waals surface area (Å²) in [7, 11) is 1.69. The summed E-state index contributed by atoms with van der Waals surface area (Å²) < 4.78 is 10.3. The third-order valence-corrected chi connectivity index (χ3v) is 3.45. The standard InChI is InChI=1S/C10H21BrO2/c1-10(2,9-11)5-4-6-13-8-7-12-3/h4-9H2,1-3H3. The highest BCUT2D eigenvalue weighted by molar-refractivity contribution is 9.09. The zero-order valence-corrected chi connectivity index (χ0v) is 10.5. The molecule has 0 N–H and O–H groups in total. The lowest BCUT2D eigenvalue weighted by Crippen LogP contribution is -2.14. The van der Waals surface area contributed by atoms with Crippen molar-refractivity contribution >= 4 is 15.9 Å². The second-order valence-corrected chi connectivity index (χ2v) is 4.57. The molecule has 0 aliphatic heterocycles. The van der Waals surface area contributed by atoms with E-state index < -0.39 is 0 Å². The van der Waals surface area contributed by atoms with Gasteiger partial charge in [0.2, 0.25) is 0 Å². The van der Waals surface area contributed by atoms with E-state index in [9.17, 15) is 0 Å². The van der Waals surface area contributed by atoms with E-state index >= 15 is 0 Å². The lowest BCUT2D eigenvalue weighted by atomic mass is 9.91. The molecule has 0 bridgehead atoms. The molecule has 0 heterocycles. The summed E-state index contributed by atoms with van der Waals surface area (Å²) in [6.07, 6.45) is 2.33. The van der Waals surface area contributed by atoms with E-state index in [1.54, 1.807) is 7.11 Å². The fourth-order valence-electron chi connectivity index (χ4n) is 0.964. The topological polar surface area (TPSA) is 18.5 Å². The van der Waals surface area contributed by atoms with Crippen molar-refractivity contribution in [3.8, 4) is 0 Å². The Bertz CT molecular complexity index is 115. The molecular weight excluding hydrogens is 232 g/mol. The minimum Gasteiger partial charge on any atom is -0.382 e. The Hall–Kier alpha value is 0.400. The highest BCUT2D eigenvalue weighted by Crippen LogP contribution is 2.24. The van der Waals surface area contributed by atoms with Gasteiger partial charge in [0.15, 0.2) is 0 Å².